The molecule has 0 saturated carbocycles. The third-order valence-electron chi connectivity index (χ3n) is 1.38. The van der Waals surface area contributed by atoms with E-state index in [0.717, 1.165) is 6.07 Å². The molecule has 0 bridgehead atoms. The first-order valence-electron chi connectivity index (χ1n) is 3.57. The van der Waals surface area contributed by atoms with E-state index >= 15 is 0 Å². The Morgan fingerprint density at radius 1 is 1.50 bits per heavy atom. The topological polar surface area (TPSA) is 61.7 Å². The molecular formula is C8H6F2N2O2. The van der Waals surface area contributed by atoms with Gasteiger partial charge in [-0.1, -0.05) is 11.2 Å². The molecule has 0 aliphatic carbocycles. The molecule has 0 saturated heterocycles. The smallest absolute Gasteiger partial charge is 0.270 e. The number of anilines is 1. The summed E-state index contributed by atoms with van der Waals surface area (Å²) < 4.78 is 25.5. The molecule has 0 radical (unpaired) electrons. The van der Waals surface area contributed by atoms with Gasteiger partial charge in [0.2, 0.25) is 0 Å². The molecule has 0 unspecified atom stereocenters. The van der Waals surface area contributed by atoms with Crippen molar-refractivity contribution in [3.8, 4) is 0 Å². The molecule has 1 rings (SSSR count). The van der Waals surface area contributed by atoms with Crippen LogP contribution in [0.5, 0.6) is 0 Å². The van der Waals surface area contributed by atoms with Gasteiger partial charge in [0.05, 0.1) is 5.69 Å². The van der Waals surface area contributed by atoms with E-state index in [9.17, 15) is 13.6 Å². The second-order valence-electron chi connectivity index (χ2n) is 2.34. The molecule has 1 amide bonds. The Labute approximate surface area is 77.8 Å². The fourth-order valence-electron chi connectivity index (χ4n) is 0.818. The summed E-state index contributed by atoms with van der Waals surface area (Å²) in [5, 5.41) is 12.4. The highest BCUT2D eigenvalue weighted by atomic mass is 19.2. The first kappa shape index (κ1) is 10.1. The molecule has 2 N–H and O–H groups in total. The molecule has 4 nitrogen and oxygen atoms in total. The summed E-state index contributed by atoms with van der Waals surface area (Å²) in [6.45, 7) is 0. The van der Waals surface area contributed by atoms with Gasteiger partial charge in [-0.25, -0.2) is 8.78 Å². The van der Waals surface area contributed by atoms with E-state index < -0.39 is 17.5 Å². The van der Waals surface area contributed by atoms with Crippen molar-refractivity contribution in [1.82, 2.24) is 0 Å². The van der Waals surface area contributed by atoms with Crippen molar-refractivity contribution in [3.63, 3.8) is 0 Å². The number of rotatable bonds is 2. The quantitative estimate of drug-likeness (QED) is 0.430. The summed E-state index contributed by atoms with van der Waals surface area (Å²) in [7, 11) is 0. The Balaban J connectivity index is 2.87. The lowest BCUT2D eigenvalue weighted by Gasteiger charge is -2.02. The Morgan fingerprint density at radius 2 is 2.21 bits per heavy atom. The molecule has 0 spiro atoms. The summed E-state index contributed by atoms with van der Waals surface area (Å²) in [5.74, 6) is -3.08. The lowest BCUT2D eigenvalue weighted by Crippen LogP contribution is -2.14. The van der Waals surface area contributed by atoms with Crippen LogP contribution in [0.15, 0.2) is 23.4 Å². The molecule has 0 atom stereocenters. The number of halogens is 2. The molecule has 0 heterocycles. The summed E-state index contributed by atoms with van der Waals surface area (Å²) in [4.78, 5) is 10.8. The largest absolute Gasteiger partial charge is 0.411 e. The predicted molar refractivity (Wildman–Crippen MR) is 45.3 cm³/mol. The van der Waals surface area contributed by atoms with E-state index in [0.29, 0.717) is 6.21 Å². The van der Waals surface area contributed by atoms with Crippen LogP contribution in [0.4, 0.5) is 14.5 Å². The van der Waals surface area contributed by atoms with Crippen LogP contribution in [-0.2, 0) is 4.79 Å². The maximum atomic E-state index is 12.9. The number of hydrogen-bond donors (Lipinski definition) is 2. The number of carbonyl (C=O) groups excluding carboxylic acids is 1. The van der Waals surface area contributed by atoms with Crippen LogP contribution in [0.2, 0.25) is 0 Å². The molecular weight excluding hydrogens is 194 g/mol. The highest BCUT2D eigenvalue weighted by Gasteiger charge is 2.08. The Morgan fingerprint density at radius 3 is 2.86 bits per heavy atom. The van der Waals surface area contributed by atoms with Gasteiger partial charge >= 0.3 is 0 Å². The van der Waals surface area contributed by atoms with Crippen LogP contribution < -0.4 is 5.32 Å². The molecule has 0 aromatic heterocycles. The van der Waals surface area contributed by atoms with E-state index in [1.807, 2.05) is 5.32 Å². The number of amides is 1. The monoisotopic (exact) mass is 200 g/mol. The Bertz CT molecular complexity index is 380. The molecule has 0 fully saturated rings. The van der Waals surface area contributed by atoms with Gasteiger partial charge in [-0.2, -0.15) is 0 Å². The van der Waals surface area contributed by atoms with E-state index in [1.165, 1.54) is 12.1 Å². The highest BCUT2D eigenvalue weighted by molar-refractivity contribution is 6.31. The lowest BCUT2D eigenvalue weighted by molar-refractivity contribution is -0.110. The average Bonchev–Trinajstić information content (AvgIpc) is 2.13. The average molecular weight is 200 g/mol. The normalized spacial score (nSPS) is 10.4. The van der Waals surface area contributed by atoms with Gasteiger partial charge in [-0.3, -0.25) is 4.79 Å². The maximum Gasteiger partial charge on any atom is 0.270 e. The van der Waals surface area contributed by atoms with Gasteiger partial charge in [0.15, 0.2) is 11.6 Å². The molecule has 1 aromatic carbocycles. The predicted octanol–water partition coefficient (Wildman–Crippen LogP) is 1.36. The van der Waals surface area contributed by atoms with Crippen molar-refractivity contribution < 1.29 is 18.8 Å². The molecule has 74 valence electrons. The van der Waals surface area contributed by atoms with Crippen molar-refractivity contribution in [3.05, 3.63) is 29.8 Å². The van der Waals surface area contributed by atoms with Crippen molar-refractivity contribution in [2.24, 2.45) is 5.16 Å². The minimum Gasteiger partial charge on any atom is -0.411 e. The van der Waals surface area contributed by atoms with Crippen LogP contribution in [0.25, 0.3) is 0 Å². The fourth-order valence-corrected chi connectivity index (χ4v) is 0.818. The van der Waals surface area contributed by atoms with E-state index in [-0.39, 0.29) is 5.69 Å². The van der Waals surface area contributed by atoms with Crippen LogP contribution >= 0.6 is 0 Å². The van der Waals surface area contributed by atoms with Gasteiger partial charge in [0.25, 0.3) is 5.91 Å². The summed E-state index contributed by atoms with van der Waals surface area (Å²) >= 11 is 0. The van der Waals surface area contributed by atoms with Gasteiger partial charge in [0, 0.05) is 0 Å². The van der Waals surface area contributed by atoms with E-state index in [1.54, 1.807) is 0 Å². The zero-order chi connectivity index (χ0) is 10.6. The summed E-state index contributed by atoms with van der Waals surface area (Å²) in [6, 6.07) is 3.34. The second kappa shape index (κ2) is 4.31. The first-order chi connectivity index (χ1) is 6.65. The van der Waals surface area contributed by atoms with Crippen molar-refractivity contribution in [1.29, 1.82) is 0 Å². The second-order valence-corrected chi connectivity index (χ2v) is 2.34. The van der Waals surface area contributed by atoms with Gasteiger partial charge in [0.1, 0.15) is 6.21 Å². The number of nitrogens with zero attached hydrogens (tertiary/aromatic N) is 1. The van der Waals surface area contributed by atoms with Crippen molar-refractivity contribution in [2.75, 3.05) is 5.32 Å². The van der Waals surface area contributed by atoms with Gasteiger partial charge < -0.3 is 10.5 Å². The summed E-state index contributed by atoms with van der Waals surface area (Å²) in [6.07, 6.45) is 0.532. The number of benzene rings is 1. The molecule has 1 aromatic rings. The zero-order valence-corrected chi connectivity index (χ0v) is 6.87. The molecule has 6 heteroatoms. The minimum absolute atomic E-state index is 0.310. The van der Waals surface area contributed by atoms with Crippen LogP contribution in [-0.4, -0.2) is 17.3 Å². The number of nitrogens with one attached hydrogen (secondary N) is 1. The third-order valence-corrected chi connectivity index (χ3v) is 1.38. The Kier molecular flexibility index (Phi) is 3.11. The van der Waals surface area contributed by atoms with E-state index in [4.69, 9.17) is 5.21 Å². The molecule has 14 heavy (non-hydrogen) atoms. The van der Waals surface area contributed by atoms with Crippen LogP contribution in [0, 0.1) is 11.6 Å². The number of hydrogen-bond acceptors (Lipinski definition) is 3. The van der Waals surface area contributed by atoms with Crippen molar-refractivity contribution in [2.45, 2.75) is 0 Å². The SMILES string of the molecule is O=C(/C=N/O)Nc1cccc(F)c1F. The number of carbonyl (C=O) groups is 1. The lowest BCUT2D eigenvalue weighted by atomic mass is 10.3. The zero-order valence-electron chi connectivity index (χ0n) is 6.87. The van der Waals surface area contributed by atoms with Gasteiger partial charge in [-0.05, 0) is 12.1 Å². The molecule has 0 aliphatic heterocycles. The highest BCUT2D eigenvalue weighted by Crippen LogP contribution is 2.15. The maximum absolute atomic E-state index is 12.9. The summed E-state index contributed by atoms with van der Waals surface area (Å²) in [5.41, 5.74) is -0.310. The minimum atomic E-state index is -1.16. The third kappa shape index (κ3) is 2.25. The fraction of sp³-hybridized carbons (Fsp3) is 0. The van der Waals surface area contributed by atoms with Crippen molar-refractivity contribution >= 4 is 17.8 Å². The standard InChI is InChI=1S/C8H6F2N2O2/c9-5-2-1-3-6(8(5)10)12-7(13)4-11-14/h1-4,14H,(H,12,13)/b11-4+. The number of oxime groups is 1. The van der Waals surface area contributed by atoms with Crippen LogP contribution in [0.3, 0.4) is 0 Å². The van der Waals surface area contributed by atoms with Crippen LogP contribution in [0.1, 0.15) is 0 Å². The van der Waals surface area contributed by atoms with Gasteiger partial charge in [-0.15, -0.1) is 0 Å². The Hall–Kier alpha value is -1.98. The molecule has 0 aliphatic rings. The first-order valence-corrected chi connectivity index (χ1v) is 3.57. The van der Waals surface area contributed by atoms with E-state index in [2.05, 4.69) is 5.16 Å².